The quantitative estimate of drug-likeness (QED) is 0.427. The number of amides is 1. The van der Waals surface area contributed by atoms with Gasteiger partial charge in [0, 0.05) is 17.8 Å². The lowest BCUT2D eigenvalue weighted by molar-refractivity contribution is -0.384. The first-order valence-corrected chi connectivity index (χ1v) is 8.94. The van der Waals surface area contributed by atoms with E-state index in [0.717, 1.165) is 25.3 Å². The molecule has 1 aromatic heterocycles. The van der Waals surface area contributed by atoms with Gasteiger partial charge in [-0.15, -0.1) is 5.10 Å². The number of nitrogens with one attached hydrogen (secondary N) is 1. The predicted octanol–water partition coefficient (Wildman–Crippen LogP) is 3.73. The summed E-state index contributed by atoms with van der Waals surface area (Å²) in [5.74, 6) is -2.63. The van der Waals surface area contributed by atoms with Crippen LogP contribution >= 0.6 is 11.6 Å². The second-order valence-corrected chi connectivity index (χ2v) is 6.62. The number of nitro benzene ring substituents is 1. The third-order valence-electron chi connectivity index (χ3n) is 4.08. The molecular formula is C18H12ClF3N4O6. The van der Waals surface area contributed by atoms with Crippen molar-refractivity contribution in [2.75, 3.05) is 12.4 Å². The highest BCUT2D eigenvalue weighted by atomic mass is 35.5. The zero-order chi connectivity index (χ0) is 23.6. The molecular weight excluding hydrogens is 461 g/mol. The summed E-state index contributed by atoms with van der Waals surface area (Å²) in [5.41, 5.74) is -1.50. The molecule has 0 atom stereocenters. The van der Waals surface area contributed by atoms with Gasteiger partial charge < -0.3 is 14.5 Å². The summed E-state index contributed by atoms with van der Waals surface area (Å²) in [4.78, 5) is 34.3. The number of hydrogen-bond donors (Lipinski definition) is 1. The van der Waals surface area contributed by atoms with Gasteiger partial charge in [-0.1, -0.05) is 11.6 Å². The molecule has 168 valence electrons. The molecule has 0 aliphatic heterocycles. The highest BCUT2D eigenvalue weighted by molar-refractivity contribution is 6.33. The molecule has 0 fully saturated rings. The third-order valence-corrected chi connectivity index (χ3v) is 4.39. The van der Waals surface area contributed by atoms with E-state index < -0.39 is 40.6 Å². The van der Waals surface area contributed by atoms with Crippen LogP contribution in [-0.4, -0.2) is 27.7 Å². The van der Waals surface area contributed by atoms with Crippen molar-refractivity contribution >= 4 is 28.9 Å². The van der Waals surface area contributed by atoms with E-state index in [2.05, 4.69) is 15.2 Å². The molecule has 0 unspecified atom stereocenters. The van der Waals surface area contributed by atoms with Crippen molar-refractivity contribution in [3.8, 4) is 17.2 Å². The number of nitrogens with zero attached hydrogens (tertiary/aromatic N) is 3. The molecule has 3 rings (SSSR count). The first-order chi connectivity index (χ1) is 15.0. The van der Waals surface area contributed by atoms with Crippen LogP contribution in [0.5, 0.6) is 5.75 Å². The number of ether oxygens (including phenoxy) is 1. The average molecular weight is 473 g/mol. The lowest BCUT2D eigenvalue weighted by Crippen LogP contribution is -2.26. The zero-order valence-corrected chi connectivity index (χ0v) is 16.7. The lowest BCUT2D eigenvalue weighted by Gasteiger charge is -2.13. The van der Waals surface area contributed by atoms with Crippen LogP contribution in [0.1, 0.15) is 5.56 Å². The zero-order valence-electron chi connectivity index (χ0n) is 16.0. The number of methoxy groups -OCH3 is 1. The molecule has 0 aliphatic carbocycles. The molecule has 0 bridgehead atoms. The van der Waals surface area contributed by atoms with Crippen LogP contribution in [0.3, 0.4) is 0 Å². The minimum Gasteiger partial charge on any atom is -0.496 e. The fourth-order valence-corrected chi connectivity index (χ4v) is 2.91. The number of anilines is 1. The van der Waals surface area contributed by atoms with E-state index in [4.69, 9.17) is 16.0 Å². The van der Waals surface area contributed by atoms with Gasteiger partial charge in [-0.05, 0) is 24.3 Å². The van der Waals surface area contributed by atoms with Crippen LogP contribution < -0.4 is 15.8 Å². The van der Waals surface area contributed by atoms with E-state index >= 15 is 0 Å². The number of carbonyl (C=O) groups is 1. The maximum Gasteiger partial charge on any atom is 0.437 e. The smallest absolute Gasteiger partial charge is 0.437 e. The molecule has 1 heterocycles. The number of hydrogen-bond acceptors (Lipinski definition) is 7. The van der Waals surface area contributed by atoms with Crippen LogP contribution in [0, 0.1) is 10.1 Å². The van der Waals surface area contributed by atoms with Crippen molar-refractivity contribution in [2.45, 2.75) is 12.7 Å². The maximum atomic E-state index is 13.1. The Bertz CT molecular complexity index is 1250. The molecule has 32 heavy (non-hydrogen) atoms. The van der Waals surface area contributed by atoms with Crippen molar-refractivity contribution in [1.29, 1.82) is 0 Å². The Hall–Kier alpha value is -3.87. The number of alkyl halides is 3. The Morgan fingerprint density at radius 2 is 2.03 bits per heavy atom. The van der Waals surface area contributed by atoms with Crippen molar-refractivity contribution in [3.05, 3.63) is 67.6 Å². The Balaban J connectivity index is 1.79. The van der Waals surface area contributed by atoms with Crippen LogP contribution in [0.25, 0.3) is 11.5 Å². The molecule has 1 N–H and O–H groups in total. The minimum atomic E-state index is -4.71. The van der Waals surface area contributed by atoms with Crippen molar-refractivity contribution in [1.82, 2.24) is 9.78 Å². The summed E-state index contributed by atoms with van der Waals surface area (Å²) in [5, 5.41) is 16.7. The summed E-state index contributed by atoms with van der Waals surface area (Å²) < 4.78 is 49.5. The Kier molecular flexibility index (Phi) is 6.20. The first-order valence-electron chi connectivity index (χ1n) is 8.57. The Labute approximate surface area is 181 Å². The van der Waals surface area contributed by atoms with Crippen LogP contribution in [0.2, 0.25) is 5.02 Å². The van der Waals surface area contributed by atoms with Gasteiger partial charge >= 0.3 is 11.9 Å². The number of aromatic nitrogens is 2. The molecule has 2 aromatic carbocycles. The van der Waals surface area contributed by atoms with Crippen molar-refractivity contribution < 1.29 is 32.0 Å². The maximum absolute atomic E-state index is 13.1. The molecule has 3 aromatic rings. The lowest BCUT2D eigenvalue weighted by atomic mass is 10.1. The summed E-state index contributed by atoms with van der Waals surface area (Å²) in [6.45, 7) is -0.680. The standard InChI is InChI=1S/C18H12ClF3N4O6/c1-31-14-5-2-9(6-12(14)18(20,21)22)23-15(27)8-25-17(28)32-16(24-25)11-4-3-10(26(29)30)7-13(11)19/h2-7H,8H2,1H3,(H,23,27). The second kappa shape index (κ2) is 8.70. The molecule has 1 amide bonds. The number of carbonyl (C=O) groups excluding carboxylic acids is 1. The van der Waals surface area contributed by atoms with Gasteiger partial charge in [-0.2, -0.15) is 17.9 Å². The fraction of sp³-hybridized carbons (Fsp3) is 0.167. The van der Waals surface area contributed by atoms with Gasteiger partial charge in [0.1, 0.15) is 12.3 Å². The summed E-state index contributed by atoms with van der Waals surface area (Å²) in [6.07, 6.45) is -4.71. The fourth-order valence-electron chi connectivity index (χ4n) is 2.65. The second-order valence-electron chi connectivity index (χ2n) is 6.21. The average Bonchev–Trinajstić information content (AvgIpc) is 3.06. The molecule has 10 nitrogen and oxygen atoms in total. The summed E-state index contributed by atoms with van der Waals surface area (Å²) in [6, 6.07) is 6.28. The van der Waals surface area contributed by atoms with Gasteiger partial charge in [0.15, 0.2) is 0 Å². The summed E-state index contributed by atoms with van der Waals surface area (Å²) >= 11 is 5.96. The van der Waals surface area contributed by atoms with E-state index in [1.54, 1.807) is 0 Å². The van der Waals surface area contributed by atoms with E-state index in [1.165, 1.54) is 12.1 Å². The number of nitro groups is 1. The highest BCUT2D eigenvalue weighted by Gasteiger charge is 2.34. The first kappa shape index (κ1) is 22.8. The van der Waals surface area contributed by atoms with Gasteiger partial charge in [0.05, 0.1) is 28.2 Å². The van der Waals surface area contributed by atoms with Crippen molar-refractivity contribution in [3.63, 3.8) is 0 Å². The van der Waals surface area contributed by atoms with E-state index in [-0.39, 0.29) is 27.9 Å². The van der Waals surface area contributed by atoms with Gasteiger partial charge in [-0.25, -0.2) is 4.79 Å². The monoisotopic (exact) mass is 472 g/mol. The van der Waals surface area contributed by atoms with Gasteiger partial charge in [0.2, 0.25) is 5.91 Å². The third kappa shape index (κ3) is 4.88. The highest BCUT2D eigenvalue weighted by Crippen LogP contribution is 2.37. The largest absolute Gasteiger partial charge is 0.496 e. The SMILES string of the molecule is COc1ccc(NC(=O)Cn2nc(-c3ccc([N+](=O)[O-])cc3Cl)oc2=O)cc1C(F)(F)F. The van der Waals surface area contributed by atoms with E-state index in [0.29, 0.717) is 10.7 Å². The normalized spacial score (nSPS) is 11.3. The van der Waals surface area contributed by atoms with Crippen LogP contribution in [0.15, 0.2) is 45.6 Å². The predicted molar refractivity (Wildman–Crippen MR) is 104 cm³/mol. The molecule has 0 saturated carbocycles. The number of non-ortho nitro benzene ring substituents is 1. The number of halogens is 4. The minimum absolute atomic E-state index is 0.0681. The number of benzene rings is 2. The molecule has 0 aliphatic rings. The topological polar surface area (TPSA) is 130 Å². The van der Waals surface area contributed by atoms with Crippen molar-refractivity contribution in [2.24, 2.45) is 0 Å². The molecule has 14 heteroatoms. The van der Waals surface area contributed by atoms with Gasteiger partial charge in [-0.3, -0.25) is 14.9 Å². The Morgan fingerprint density at radius 1 is 1.31 bits per heavy atom. The van der Waals surface area contributed by atoms with Crippen LogP contribution in [-0.2, 0) is 17.5 Å². The van der Waals surface area contributed by atoms with Crippen LogP contribution in [0.4, 0.5) is 24.5 Å². The molecule has 0 saturated heterocycles. The number of rotatable bonds is 6. The van der Waals surface area contributed by atoms with E-state index in [9.17, 15) is 32.9 Å². The summed E-state index contributed by atoms with van der Waals surface area (Å²) in [7, 11) is 1.08. The molecule has 0 spiro atoms. The van der Waals surface area contributed by atoms with Gasteiger partial charge in [0.25, 0.3) is 11.6 Å². The Morgan fingerprint density at radius 3 is 2.62 bits per heavy atom. The molecule has 0 radical (unpaired) electrons. The van der Waals surface area contributed by atoms with E-state index in [1.807, 2.05) is 0 Å².